The fraction of sp³-hybridized carbons (Fsp3) is 0.357. The van der Waals surface area contributed by atoms with Crippen molar-refractivity contribution in [2.45, 2.75) is 29.5 Å². The van der Waals surface area contributed by atoms with E-state index in [0.717, 1.165) is 27.5 Å². The van der Waals surface area contributed by atoms with Crippen LogP contribution in [-0.2, 0) is 14.4 Å². The predicted octanol–water partition coefficient (Wildman–Crippen LogP) is 3.86. The Morgan fingerprint density at radius 2 is 1.78 bits per heavy atom. The molecule has 188 valence electrons. The number of amides is 3. The van der Waals surface area contributed by atoms with Crippen LogP contribution in [0.5, 0.6) is 0 Å². The number of thiazole rings is 1. The lowest BCUT2D eigenvalue weighted by Gasteiger charge is -2.43. The van der Waals surface area contributed by atoms with Crippen LogP contribution in [0, 0.1) is 36.5 Å². The third-order valence-corrected chi connectivity index (χ3v) is 11.2. The zero-order chi connectivity index (χ0) is 25.4. The Hall–Kier alpha value is -3.17. The van der Waals surface area contributed by atoms with Gasteiger partial charge in [0.1, 0.15) is 6.54 Å². The zero-order valence-electron chi connectivity index (χ0n) is 20.0. The molecule has 0 unspecified atom stereocenters. The van der Waals surface area contributed by atoms with Crippen molar-refractivity contribution < 1.29 is 14.4 Å². The second kappa shape index (κ2) is 8.43. The Morgan fingerprint density at radius 1 is 1.03 bits per heavy atom. The van der Waals surface area contributed by atoms with Gasteiger partial charge in [-0.3, -0.25) is 24.1 Å². The number of nitrogens with one attached hydrogen (secondary N) is 2. The Kier molecular flexibility index (Phi) is 5.23. The summed E-state index contributed by atoms with van der Waals surface area (Å²) in [5.41, 5.74) is 2.81. The van der Waals surface area contributed by atoms with E-state index in [2.05, 4.69) is 22.4 Å². The molecule has 7 atom stereocenters. The van der Waals surface area contributed by atoms with Crippen molar-refractivity contribution in [3.63, 3.8) is 0 Å². The second-order valence-electron chi connectivity index (χ2n) is 10.6. The molecular weight excluding hydrogens is 506 g/mol. The van der Waals surface area contributed by atoms with Crippen LogP contribution in [0.2, 0.25) is 0 Å². The van der Waals surface area contributed by atoms with Gasteiger partial charge in [0.05, 0.1) is 16.9 Å². The first-order valence-corrected chi connectivity index (χ1v) is 14.3. The molecule has 9 heteroatoms. The maximum Gasteiger partial charge on any atom is 0.305 e. The summed E-state index contributed by atoms with van der Waals surface area (Å²) in [6.07, 6.45) is 0.834. The summed E-state index contributed by atoms with van der Waals surface area (Å²) < 4.78 is 0. The third-order valence-electron chi connectivity index (χ3n) is 8.58. The fourth-order valence-corrected chi connectivity index (χ4v) is 10.2. The topological polar surface area (TPSA) is 99.3 Å². The standard InChI is InChI=1S/C28H25N3O4S2/c1-13-6-5-9-15(10-13)29-18(32)12-31-26(33)21-16-11-17(22(21)27(31)34)23-20(16)19(14-7-3-2-4-8-14)24-25(36-23)30-28(35)37-24/h2-10,16-17,19-23H,11-12H2,1H3,(H,29,32)(H,30,35)/t16-,17+,19+,20+,21+,22+,23-/m1/s1. The summed E-state index contributed by atoms with van der Waals surface area (Å²) in [6.45, 7) is 1.68. The number of carbonyl (C=O) groups excluding carboxylic acids is 3. The minimum Gasteiger partial charge on any atom is -0.325 e. The van der Waals surface area contributed by atoms with Gasteiger partial charge in [-0.1, -0.05) is 53.8 Å². The van der Waals surface area contributed by atoms with E-state index in [1.165, 1.54) is 16.2 Å². The van der Waals surface area contributed by atoms with E-state index in [0.29, 0.717) is 5.69 Å². The molecule has 4 aliphatic rings. The molecule has 7 rings (SSSR count). The number of aryl methyl sites for hydroxylation is 1. The van der Waals surface area contributed by atoms with Crippen molar-refractivity contribution in [2.75, 3.05) is 11.9 Å². The van der Waals surface area contributed by atoms with E-state index in [9.17, 15) is 19.2 Å². The van der Waals surface area contributed by atoms with E-state index in [1.807, 2.05) is 43.3 Å². The molecule has 0 spiro atoms. The molecule has 2 bridgehead atoms. The van der Waals surface area contributed by atoms with Crippen molar-refractivity contribution in [2.24, 2.45) is 29.6 Å². The van der Waals surface area contributed by atoms with E-state index in [4.69, 9.17) is 0 Å². The van der Waals surface area contributed by atoms with Crippen molar-refractivity contribution in [1.82, 2.24) is 9.88 Å². The monoisotopic (exact) mass is 531 g/mol. The molecule has 3 aromatic rings. The van der Waals surface area contributed by atoms with Gasteiger partial charge in [0, 0.05) is 21.7 Å². The lowest BCUT2D eigenvalue weighted by molar-refractivity contribution is -0.143. The zero-order valence-corrected chi connectivity index (χ0v) is 21.7. The highest BCUT2D eigenvalue weighted by atomic mass is 32.2. The Labute approximate surface area is 221 Å². The number of benzene rings is 2. The third kappa shape index (κ3) is 3.47. The number of hydrogen-bond acceptors (Lipinski definition) is 6. The van der Waals surface area contributed by atoms with Crippen LogP contribution in [-0.4, -0.2) is 39.4 Å². The normalized spacial score (nSPS) is 31.3. The summed E-state index contributed by atoms with van der Waals surface area (Å²) in [6, 6.07) is 17.6. The molecule has 1 aromatic heterocycles. The SMILES string of the molecule is Cc1cccc(NC(=O)CN2C(=O)[C@H]3[C@@H]4C[C@@H]([C@@H]3C2=O)[C@H]2[C@H](c3ccccc3)c3sc(=O)[nH]c3S[C@H]42)c1. The van der Waals surface area contributed by atoms with Gasteiger partial charge in [-0.2, -0.15) is 0 Å². The summed E-state index contributed by atoms with van der Waals surface area (Å²) in [5.74, 6) is -1.31. The Morgan fingerprint density at radius 3 is 2.54 bits per heavy atom. The molecule has 7 nitrogen and oxygen atoms in total. The van der Waals surface area contributed by atoms with E-state index < -0.39 is 5.92 Å². The van der Waals surface area contributed by atoms with Gasteiger partial charge in [0.15, 0.2) is 0 Å². The second-order valence-corrected chi connectivity index (χ2v) is 12.8. The molecule has 37 heavy (non-hydrogen) atoms. The maximum atomic E-state index is 13.7. The van der Waals surface area contributed by atoms with Gasteiger partial charge in [-0.15, -0.1) is 11.8 Å². The molecule has 1 saturated heterocycles. The minimum atomic E-state index is -0.394. The fourth-order valence-electron chi connectivity index (χ4n) is 7.33. The number of anilines is 1. The first kappa shape index (κ1) is 23.0. The number of likely N-dealkylation sites (tertiary alicyclic amines) is 1. The highest BCUT2D eigenvalue weighted by molar-refractivity contribution is 8.00. The molecule has 2 N–H and O–H groups in total. The van der Waals surface area contributed by atoms with Crippen LogP contribution in [0.25, 0.3) is 0 Å². The van der Waals surface area contributed by atoms with Crippen molar-refractivity contribution in [3.05, 3.63) is 80.3 Å². The molecule has 2 aromatic carbocycles. The highest BCUT2D eigenvalue weighted by Crippen LogP contribution is 2.68. The summed E-state index contributed by atoms with van der Waals surface area (Å²) in [4.78, 5) is 57.5. The van der Waals surface area contributed by atoms with Gasteiger partial charge in [-0.05, 0) is 54.4 Å². The van der Waals surface area contributed by atoms with Gasteiger partial charge >= 0.3 is 4.87 Å². The Balaban J connectivity index is 1.19. The highest BCUT2D eigenvalue weighted by Gasteiger charge is 2.69. The van der Waals surface area contributed by atoms with Crippen LogP contribution >= 0.6 is 23.1 Å². The average molecular weight is 532 g/mol. The number of hydrogen-bond donors (Lipinski definition) is 2. The van der Waals surface area contributed by atoms with Crippen LogP contribution < -0.4 is 10.2 Å². The molecule has 0 radical (unpaired) electrons. The maximum absolute atomic E-state index is 13.7. The van der Waals surface area contributed by atoms with E-state index >= 15 is 0 Å². The van der Waals surface area contributed by atoms with Crippen LogP contribution in [0.15, 0.2) is 64.4 Å². The first-order valence-electron chi connectivity index (χ1n) is 12.6. The number of rotatable bonds is 4. The van der Waals surface area contributed by atoms with Gasteiger partial charge in [-0.25, -0.2) is 0 Å². The van der Waals surface area contributed by atoms with Crippen molar-refractivity contribution >= 4 is 46.5 Å². The quantitative estimate of drug-likeness (QED) is 0.498. The number of H-pyrrole nitrogens is 1. The molecule has 3 fully saturated rings. The summed E-state index contributed by atoms with van der Waals surface area (Å²) in [5, 5.41) is 3.87. The lowest BCUT2D eigenvalue weighted by Crippen LogP contribution is -2.42. The lowest BCUT2D eigenvalue weighted by atomic mass is 9.68. The van der Waals surface area contributed by atoms with E-state index in [-0.39, 0.29) is 64.0 Å². The minimum absolute atomic E-state index is 0.0175. The number of imide groups is 1. The number of aromatic nitrogens is 1. The number of nitrogens with zero attached hydrogens (tertiary/aromatic N) is 1. The summed E-state index contributed by atoms with van der Waals surface area (Å²) >= 11 is 2.93. The summed E-state index contributed by atoms with van der Waals surface area (Å²) in [7, 11) is 0. The van der Waals surface area contributed by atoms with Crippen molar-refractivity contribution in [3.8, 4) is 0 Å². The van der Waals surface area contributed by atoms with E-state index in [1.54, 1.807) is 17.8 Å². The van der Waals surface area contributed by atoms with Crippen LogP contribution in [0.4, 0.5) is 5.69 Å². The largest absolute Gasteiger partial charge is 0.325 e. The van der Waals surface area contributed by atoms with Gasteiger partial charge in [0.2, 0.25) is 17.7 Å². The predicted molar refractivity (Wildman–Crippen MR) is 141 cm³/mol. The van der Waals surface area contributed by atoms with Gasteiger partial charge in [0.25, 0.3) is 0 Å². The molecule has 3 heterocycles. The smallest absolute Gasteiger partial charge is 0.305 e. The van der Waals surface area contributed by atoms with Gasteiger partial charge < -0.3 is 10.3 Å². The number of aromatic amines is 1. The Bertz CT molecular complexity index is 1500. The first-order chi connectivity index (χ1) is 17.9. The van der Waals surface area contributed by atoms with Crippen molar-refractivity contribution in [1.29, 1.82) is 0 Å². The average Bonchev–Trinajstić information content (AvgIpc) is 3.60. The molecule has 2 aliphatic carbocycles. The number of thioether (sulfide) groups is 1. The number of carbonyl (C=O) groups is 3. The molecular formula is C28H25N3O4S2. The van der Waals surface area contributed by atoms with Crippen LogP contribution in [0.1, 0.15) is 28.3 Å². The molecule has 3 amide bonds. The molecule has 2 aliphatic heterocycles. The number of fused-ring (bicyclic) bond motifs is 9. The van der Waals surface area contributed by atoms with Crippen LogP contribution in [0.3, 0.4) is 0 Å². The molecule has 2 saturated carbocycles.